The first-order valence-electron chi connectivity index (χ1n) is 3.52. The van der Waals surface area contributed by atoms with E-state index in [4.69, 9.17) is 4.74 Å². The van der Waals surface area contributed by atoms with Crippen molar-refractivity contribution in [1.82, 2.24) is 5.32 Å². The SMILES string of the molecule is CSC1=NC2OC2C=C(C)N1. The predicted molar refractivity (Wildman–Crippen MR) is 46.5 cm³/mol. The Morgan fingerprint density at radius 2 is 2.55 bits per heavy atom. The van der Waals surface area contributed by atoms with Crippen molar-refractivity contribution in [1.29, 1.82) is 0 Å². The summed E-state index contributed by atoms with van der Waals surface area (Å²) in [6.07, 6.45) is 4.38. The zero-order valence-corrected chi connectivity index (χ0v) is 7.31. The lowest BCUT2D eigenvalue weighted by Crippen LogP contribution is -2.17. The molecule has 2 atom stereocenters. The third kappa shape index (κ3) is 1.41. The third-order valence-electron chi connectivity index (χ3n) is 1.66. The molecule has 0 aromatic heterocycles. The highest BCUT2D eigenvalue weighted by atomic mass is 32.2. The van der Waals surface area contributed by atoms with Crippen molar-refractivity contribution < 1.29 is 4.74 Å². The molecule has 2 aliphatic rings. The van der Waals surface area contributed by atoms with Crippen molar-refractivity contribution in [3.63, 3.8) is 0 Å². The van der Waals surface area contributed by atoms with Gasteiger partial charge in [0.25, 0.3) is 0 Å². The number of hydrogen-bond acceptors (Lipinski definition) is 4. The smallest absolute Gasteiger partial charge is 0.181 e. The van der Waals surface area contributed by atoms with Gasteiger partial charge in [0.05, 0.1) is 0 Å². The number of nitrogens with one attached hydrogen (secondary N) is 1. The highest BCUT2D eigenvalue weighted by Gasteiger charge is 2.38. The topological polar surface area (TPSA) is 36.9 Å². The Labute approximate surface area is 69.9 Å². The molecule has 0 aromatic rings. The van der Waals surface area contributed by atoms with Crippen LogP contribution in [-0.4, -0.2) is 23.8 Å². The predicted octanol–water partition coefficient (Wildman–Crippen LogP) is 0.937. The molecule has 0 amide bonds. The minimum Gasteiger partial charge on any atom is -0.341 e. The number of rotatable bonds is 0. The first kappa shape index (κ1) is 7.18. The second kappa shape index (κ2) is 2.53. The lowest BCUT2D eigenvalue weighted by atomic mass is 10.3. The van der Waals surface area contributed by atoms with E-state index in [1.165, 1.54) is 0 Å². The molecular formula is C7H10N2OS. The molecule has 0 radical (unpaired) electrons. The van der Waals surface area contributed by atoms with E-state index in [2.05, 4.69) is 16.4 Å². The Morgan fingerprint density at radius 1 is 1.73 bits per heavy atom. The lowest BCUT2D eigenvalue weighted by Gasteiger charge is -2.04. The molecule has 3 nitrogen and oxygen atoms in total. The van der Waals surface area contributed by atoms with Crippen LogP contribution in [0.2, 0.25) is 0 Å². The summed E-state index contributed by atoms with van der Waals surface area (Å²) < 4.78 is 5.24. The first-order valence-corrected chi connectivity index (χ1v) is 4.75. The maximum Gasteiger partial charge on any atom is 0.181 e. The van der Waals surface area contributed by atoms with E-state index in [-0.39, 0.29) is 12.3 Å². The Hall–Kier alpha value is -0.480. The van der Waals surface area contributed by atoms with Gasteiger partial charge in [0.15, 0.2) is 11.4 Å². The number of amidine groups is 1. The van der Waals surface area contributed by atoms with Crippen molar-refractivity contribution in [2.24, 2.45) is 4.99 Å². The summed E-state index contributed by atoms with van der Waals surface area (Å²) in [7, 11) is 0. The van der Waals surface area contributed by atoms with E-state index in [0.29, 0.717) is 0 Å². The Morgan fingerprint density at radius 3 is 3.27 bits per heavy atom. The zero-order chi connectivity index (χ0) is 7.84. The molecule has 0 spiro atoms. The van der Waals surface area contributed by atoms with Crippen molar-refractivity contribution in [3.05, 3.63) is 11.8 Å². The van der Waals surface area contributed by atoms with Gasteiger partial charge in [-0.1, -0.05) is 11.8 Å². The van der Waals surface area contributed by atoms with E-state index in [0.717, 1.165) is 10.9 Å². The lowest BCUT2D eigenvalue weighted by molar-refractivity contribution is 0.393. The molecule has 2 rings (SSSR count). The van der Waals surface area contributed by atoms with Gasteiger partial charge in [0, 0.05) is 5.70 Å². The Balaban J connectivity index is 2.18. The van der Waals surface area contributed by atoms with Gasteiger partial charge < -0.3 is 10.1 Å². The zero-order valence-electron chi connectivity index (χ0n) is 6.50. The Bertz CT molecular complexity index is 237. The molecule has 2 unspecified atom stereocenters. The standard InChI is InChI=1S/C7H10N2OS/c1-4-3-5-6(10-5)9-7(8-4)11-2/h3,5-6H,1-2H3,(H,8,9). The molecule has 1 N–H and O–H groups in total. The number of nitrogens with zero attached hydrogens (tertiary/aromatic N) is 1. The van der Waals surface area contributed by atoms with Crippen LogP contribution in [-0.2, 0) is 4.74 Å². The van der Waals surface area contributed by atoms with Crippen LogP contribution in [0.4, 0.5) is 0 Å². The molecule has 2 heterocycles. The minimum atomic E-state index is 0.0856. The molecule has 1 fully saturated rings. The van der Waals surface area contributed by atoms with Crippen LogP contribution in [0.1, 0.15) is 6.92 Å². The fourth-order valence-corrected chi connectivity index (χ4v) is 1.52. The van der Waals surface area contributed by atoms with Crippen LogP contribution < -0.4 is 5.32 Å². The number of fused-ring (bicyclic) bond motifs is 1. The average molecular weight is 170 g/mol. The molecule has 0 aliphatic carbocycles. The second-order valence-electron chi connectivity index (χ2n) is 2.60. The van der Waals surface area contributed by atoms with Crippen molar-refractivity contribution in [2.45, 2.75) is 19.3 Å². The van der Waals surface area contributed by atoms with Crippen LogP contribution in [0.5, 0.6) is 0 Å². The van der Waals surface area contributed by atoms with Gasteiger partial charge >= 0.3 is 0 Å². The number of ether oxygens (including phenoxy) is 1. The third-order valence-corrected chi connectivity index (χ3v) is 2.25. The van der Waals surface area contributed by atoms with Gasteiger partial charge in [0.1, 0.15) is 6.10 Å². The van der Waals surface area contributed by atoms with Crippen LogP contribution in [0.15, 0.2) is 16.8 Å². The highest BCUT2D eigenvalue weighted by molar-refractivity contribution is 8.13. The normalized spacial score (nSPS) is 34.4. The molecule has 0 saturated carbocycles. The van der Waals surface area contributed by atoms with Crippen LogP contribution in [0, 0.1) is 0 Å². The summed E-state index contributed by atoms with van der Waals surface area (Å²) >= 11 is 1.61. The monoisotopic (exact) mass is 170 g/mol. The summed E-state index contributed by atoms with van der Waals surface area (Å²) in [5.74, 6) is 0. The largest absolute Gasteiger partial charge is 0.341 e. The summed E-state index contributed by atoms with van der Waals surface area (Å²) in [5.41, 5.74) is 1.13. The van der Waals surface area contributed by atoms with Gasteiger partial charge in [-0.15, -0.1) is 0 Å². The van der Waals surface area contributed by atoms with Crippen molar-refractivity contribution >= 4 is 16.9 Å². The maximum absolute atomic E-state index is 5.24. The molecule has 1 saturated heterocycles. The molecule has 60 valence electrons. The van der Waals surface area contributed by atoms with Crippen LogP contribution >= 0.6 is 11.8 Å². The molecule has 4 heteroatoms. The first-order chi connectivity index (χ1) is 5.29. The van der Waals surface area contributed by atoms with E-state index in [1.807, 2.05) is 13.2 Å². The summed E-state index contributed by atoms with van der Waals surface area (Å²) in [6, 6.07) is 0. The number of thioether (sulfide) groups is 1. The molecule has 11 heavy (non-hydrogen) atoms. The number of allylic oxidation sites excluding steroid dienone is 1. The van der Waals surface area contributed by atoms with Gasteiger partial charge in [-0.3, -0.25) is 0 Å². The van der Waals surface area contributed by atoms with Gasteiger partial charge in [0.2, 0.25) is 0 Å². The maximum atomic E-state index is 5.24. The summed E-state index contributed by atoms with van der Waals surface area (Å²) in [4.78, 5) is 4.31. The number of aliphatic imine (C=N–C) groups is 1. The molecular weight excluding hydrogens is 160 g/mol. The van der Waals surface area contributed by atoms with E-state index in [9.17, 15) is 0 Å². The molecule has 0 bridgehead atoms. The van der Waals surface area contributed by atoms with Gasteiger partial charge in [-0.2, -0.15) is 0 Å². The molecule has 2 aliphatic heterocycles. The van der Waals surface area contributed by atoms with E-state index >= 15 is 0 Å². The van der Waals surface area contributed by atoms with Gasteiger partial charge in [-0.05, 0) is 19.3 Å². The van der Waals surface area contributed by atoms with E-state index < -0.39 is 0 Å². The quantitative estimate of drug-likeness (QED) is 0.550. The fourth-order valence-electron chi connectivity index (χ4n) is 1.05. The molecule has 0 aromatic carbocycles. The summed E-state index contributed by atoms with van der Waals surface area (Å²) in [5, 5.41) is 4.13. The minimum absolute atomic E-state index is 0.0856. The van der Waals surface area contributed by atoms with E-state index in [1.54, 1.807) is 11.8 Å². The summed E-state index contributed by atoms with van der Waals surface area (Å²) in [6.45, 7) is 2.02. The fraction of sp³-hybridized carbons (Fsp3) is 0.571. The van der Waals surface area contributed by atoms with Crippen LogP contribution in [0.3, 0.4) is 0 Å². The highest BCUT2D eigenvalue weighted by Crippen LogP contribution is 2.28. The number of epoxide rings is 1. The average Bonchev–Trinajstić information content (AvgIpc) is 2.64. The second-order valence-corrected chi connectivity index (χ2v) is 3.40. The number of hydrogen-bond donors (Lipinski definition) is 1. The van der Waals surface area contributed by atoms with Crippen molar-refractivity contribution in [3.8, 4) is 0 Å². The van der Waals surface area contributed by atoms with Gasteiger partial charge in [-0.25, -0.2) is 4.99 Å². The Kier molecular flexibility index (Phi) is 1.65. The van der Waals surface area contributed by atoms with Crippen molar-refractivity contribution in [2.75, 3.05) is 6.26 Å². The van der Waals surface area contributed by atoms with Crippen LogP contribution in [0.25, 0.3) is 0 Å².